The molecule has 3 heterocycles. The Bertz CT molecular complexity index is 786. The number of nitro groups is 1. The summed E-state index contributed by atoms with van der Waals surface area (Å²) in [5.74, 6) is 0.391. The number of anilines is 1. The molecule has 0 saturated carbocycles. The smallest absolute Gasteiger partial charge is 0.407 e. The van der Waals surface area contributed by atoms with E-state index >= 15 is 0 Å². The van der Waals surface area contributed by atoms with Crippen molar-refractivity contribution in [2.24, 2.45) is 0 Å². The lowest BCUT2D eigenvalue weighted by Crippen LogP contribution is -2.46. The van der Waals surface area contributed by atoms with Gasteiger partial charge >= 0.3 is 11.9 Å². The number of carbonyl (C=O) groups is 1. The molecule has 0 spiro atoms. The summed E-state index contributed by atoms with van der Waals surface area (Å²) >= 11 is 1.37. The zero-order valence-corrected chi connectivity index (χ0v) is 15.2. The van der Waals surface area contributed by atoms with Gasteiger partial charge in [-0.25, -0.2) is 4.79 Å². The molecule has 1 N–H and O–H groups in total. The van der Waals surface area contributed by atoms with Crippen LogP contribution < -0.4 is 10.2 Å². The molecule has 10 heteroatoms. The molecule has 1 amide bonds. The highest BCUT2D eigenvalue weighted by Crippen LogP contribution is 2.32. The van der Waals surface area contributed by atoms with Crippen molar-refractivity contribution < 1.29 is 14.5 Å². The van der Waals surface area contributed by atoms with Gasteiger partial charge in [0.1, 0.15) is 11.8 Å². The first-order chi connectivity index (χ1) is 11.7. The van der Waals surface area contributed by atoms with Gasteiger partial charge in [0.05, 0.1) is 0 Å². The minimum atomic E-state index is -0.534. The molecule has 0 radical (unpaired) electrons. The first-order valence-electron chi connectivity index (χ1n) is 8.09. The molecule has 1 saturated heterocycles. The second-order valence-electron chi connectivity index (χ2n) is 6.98. The molecule has 0 atom stereocenters. The summed E-state index contributed by atoms with van der Waals surface area (Å²) in [4.78, 5) is 29.8. The minimum absolute atomic E-state index is 0.00481. The molecule has 25 heavy (non-hydrogen) atoms. The van der Waals surface area contributed by atoms with Crippen LogP contribution in [0.15, 0.2) is 11.6 Å². The van der Waals surface area contributed by atoms with E-state index in [0.717, 1.165) is 0 Å². The van der Waals surface area contributed by atoms with Crippen LogP contribution in [-0.2, 0) is 4.74 Å². The monoisotopic (exact) mass is 367 g/mol. The lowest BCUT2D eigenvalue weighted by molar-refractivity contribution is -0.389. The first kappa shape index (κ1) is 17.5. The number of rotatable bonds is 3. The van der Waals surface area contributed by atoms with E-state index in [9.17, 15) is 14.9 Å². The van der Waals surface area contributed by atoms with Crippen LogP contribution in [0.3, 0.4) is 0 Å². The largest absolute Gasteiger partial charge is 0.444 e. The number of hydrogen-bond acceptors (Lipinski definition) is 7. The van der Waals surface area contributed by atoms with E-state index in [2.05, 4.69) is 10.3 Å². The summed E-state index contributed by atoms with van der Waals surface area (Å²) in [6, 6.07) is -0.00566. The van der Waals surface area contributed by atoms with E-state index in [4.69, 9.17) is 4.74 Å². The third-order valence-corrected chi connectivity index (χ3v) is 4.66. The Labute approximate surface area is 148 Å². The standard InChI is InChI=1S/C15H21N5O4S/c1-15(2,3)24-14(21)16-10-4-6-18(7-5-10)11-12(20(22)23)19-8-9-25-13(19)17-11/h8-10H,4-7H2,1-3H3,(H,16,21). The topological polar surface area (TPSA) is 102 Å². The predicted molar refractivity (Wildman–Crippen MR) is 94.3 cm³/mol. The third-order valence-electron chi connectivity index (χ3n) is 3.91. The highest BCUT2D eigenvalue weighted by molar-refractivity contribution is 7.15. The molecule has 136 valence electrons. The number of amides is 1. The molecule has 2 aromatic rings. The van der Waals surface area contributed by atoms with Crippen LogP contribution in [0.25, 0.3) is 4.96 Å². The van der Waals surface area contributed by atoms with Gasteiger partial charge in [0.2, 0.25) is 5.82 Å². The quantitative estimate of drug-likeness (QED) is 0.661. The number of imidazole rings is 1. The lowest BCUT2D eigenvalue weighted by atomic mass is 10.1. The van der Waals surface area contributed by atoms with Crippen molar-refractivity contribution in [2.45, 2.75) is 45.3 Å². The molecule has 0 bridgehead atoms. The number of thiazole rings is 1. The van der Waals surface area contributed by atoms with Crippen LogP contribution in [0.4, 0.5) is 16.4 Å². The highest BCUT2D eigenvalue weighted by Gasteiger charge is 2.31. The minimum Gasteiger partial charge on any atom is -0.444 e. The Morgan fingerprint density at radius 2 is 2.12 bits per heavy atom. The van der Waals surface area contributed by atoms with Crippen LogP contribution in [0.1, 0.15) is 33.6 Å². The van der Waals surface area contributed by atoms with Gasteiger partial charge in [-0.1, -0.05) is 11.3 Å². The molecular formula is C15H21N5O4S. The number of hydrogen-bond donors (Lipinski definition) is 1. The summed E-state index contributed by atoms with van der Waals surface area (Å²) in [5, 5.41) is 16.1. The van der Waals surface area contributed by atoms with Crippen LogP contribution in [-0.4, -0.2) is 45.1 Å². The van der Waals surface area contributed by atoms with Gasteiger partial charge in [0.25, 0.3) is 4.96 Å². The number of aromatic nitrogens is 2. The van der Waals surface area contributed by atoms with Gasteiger partial charge in [-0.05, 0) is 38.5 Å². The van der Waals surface area contributed by atoms with Gasteiger partial charge < -0.3 is 25.1 Å². The molecular weight excluding hydrogens is 346 g/mol. The van der Waals surface area contributed by atoms with Crippen molar-refractivity contribution in [3.05, 3.63) is 21.7 Å². The fourth-order valence-corrected chi connectivity index (χ4v) is 3.56. The molecule has 2 aromatic heterocycles. The van der Waals surface area contributed by atoms with Crippen molar-refractivity contribution in [1.29, 1.82) is 0 Å². The Morgan fingerprint density at radius 3 is 2.72 bits per heavy atom. The van der Waals surface area contributed by atoms with Crippen molar-refractivity contribution in [3.63, 3.8) is 0 Å². The Hall–Kier alpha value is -2.36. The van der Waals surface area contributed by atoms with Gasteiger partial charge in [0, 0.05) is 24.5 Å². The van der Waals surface area contributed by atoms with Crippen molar-refractivity contribution in [3.8, 4) is 0 Å². The summed E-state index contributed by atoms with van der Waals surface area (Å²) in [5.41, 5.74) is -0.534. The Morgan fingerprint density at radius 1 is 1.44 bits per heavy atom. The second-order valence-corrected chi connectivity index (χ2v) is 7.85. The molecule has 3 rings (SSSR count). The van der Waals surface area contributed by atoms with E-state index in [-0.39, 0.29) is 11.9 Å². The van der Waals surface area contributed by atoms with Gasteiger partial charge in [-0.2, -0.15) is 9.38 Å². The average molecular weight is 367 g/mol. The van der Waals surface area contributed by atoms with E-state index in [0.29, 0.717) is 36.7 Å². The van der Waals surface area contributed by atoms with E-state index in [1.54, 1.807) is 11.6 Å². The van der Waals surface area contributed by atoms with Crippen molar-refractivity contribution in [1.82, 2.24) is 14.7 Å². The Balaban J connectivity index is 1.65. The van der Waals surface area contributed by atoms with Crippen LogP contribution in [0, 0.1) is 10.1 Å². The van der Waals surface area contributed by atoms with Crippen molar-refractivity contribution in [2.75, 3.05) is 18.0 Å². The van der Waals surface area contributed by atoms with Gasteiger partial charge in [0.15, 0.2) is 0 Å². The molecule has 0 aliphatic carbocycles. The van der Waals surface area contributed by atoms with E-state index in [1.165, 1.54) is 15.7 Å². The molecule has 1 aliphatic rings. The molecule has 0 aromatic carbocycles. The SMILES string of the molecule is CC(C)(C)OC(=O)NC1CCN(c2nc3sccn3c2[N+](=O)[O-])CC1. The molecule has 1 aliphatic heterocycles. The Kier molecular flexibility index (Phi) is 4.55. The second kappa shape index (κ2) is 6.51. The molecule has 0 unspecified atom stereocenters. The fourth-order valence-electron chi connectivity index (χ4n) is 2.85. The highest BCUT2D eigenvalue weighted by atomic mass is 32.1. The maximum absolute atomic E-state index is 11.9. The van der Waals surface area contributed by atoms with E-state index in [1.807, 2.05) is 25.7 Å². The number of carbonyl (C=O) groups excluding carboxylic acids is 1. The number of fused-ring (bicyclic) bond motifs is 1. The first-order valence-corrected chi connectivity index (χ1v) is 8.97. The number of ether oxygens (including phenoxy) is 1. The fraction of sp³-hybridized carbons (Fsp3) is 0.600. The molecule has 1 fully saturated rings. The average Bonchev–Trinajstić information content (AvgIpc) is 3.05. The summed E-state index contributed by atoms with van der Waals surface area (Å²) < 4.78 is 6.77. The summed E-state index contributed by atoms with van der Waals surface area (Å²) in [6.45, 7) is 6.63. The van der Waals surface area contributed by atoms with Gasteiger partial charge in [-0.15, -0.1) is 0 Å². The zero-order chi connectivity index (χ0) is 18.2. The third kappa shape index (κ3) is 3.84. The number of alkyl carbamates (subject to hydrolysis) is 1. The molecule has 9 nitrogen and oxygen atoms in total. The van der Waals surface area contributed by atoms with Crippen molar-refractivity contribution >= 4 is 34.0 Å². The summed E-state index contributed by atoms with van der Waals surface area (Å²) in [6.07, 6.45) is 2.59. The van der Waals surface area contributed by atoms with Crippen LogP contribution in [0.5, 0.6) is 0 Å². The normalized spacial score (nSPS) is 16.2. The number of piperidine rings is 1. The summed E-state index contributed by atoms with van der Waals surface area (Å²) in [7, 11) is 0. The zero-order valence-electron chi connectivity index (χ0n) is 14.4. The van der Waals surface area contributed by atoms with E-state index < -0.39 is 16.6 Å². The predicted octanol–water partition coefficient (Wildman–Crippen LogP) is 2.80. The lowest BCUT2D eigenvalue weighted by Gasteiger charge is -2.32. The number of nitrogens with zero attached hydrogens (tertiary/aromatic N) is 4. The maximum atomic E-state index is 11.9. The van der Waals surface area contributed by atoms with Gasteiger partial charge in [-0.3, -0.25) is 0 Å². The maximum Gasteiger partial charge on any atom is 0.407 e. The van der Waals surface area contributed by atoms with Crippen LogP contribution in [0.2, 0.25) is 0 Å². The number of nitrogens with one attached hydrogen (secondary N) is 1. The van der Waals surface area contributed by atoms with Crippen LogP contribution >= 0.6 is 11.3 Å².